The maximum atomic E-state index is 14.6. The predicted molar refractivity (Wildman–Crippen MR) is 113 cm³/mol. The first-order valence-corrected chi connectivity index (χ1v) is 9.76. The molecular formula is C22H23FN4O4. The van der Waals surface area contributed by atoms with Crippen molar-refractivity contribution in [1.82, 2.24) is 10.6 Å². The number of esters is 1. The fourth-order valence-corrected chi connectivity index (χ4v) is 3.15. The number of carbonyl (C=O) groups is 3. The van der Waals surface area contributed by atoms with E-state index in [1.165, 1.54) is 17.9 Å². The number of fused-ring (bicyclic) bond motifs is 1. The average molecular weight is 426 g/mol. The molecule has 9 heteroatoms. The number of urea groups is 1. The molecule has 3 rings (SSSR count). The number of hydrogen-bond acceptors (Lipinski definition) is 5. The third-order valence-corrected chi connectivity index (χ3v) is 4.65. The summed E-state index contributed by atoms with van der Waals surface area (Å²) in [5.74, 6) is -1.35. The number of nitrogens with one attached hydrogen (secondary N) is 2. The Morgan fingerprint density at radius 2 is 1.81 bits per heavy atom. The van der Waals surface area contributed by atoms with Crippen molar-refractivity contribution >= 4 is 29.3 Å². The van der Waals surface area contributed by atoms with E-state index < -0.39 is 29.9 Å². The van der Waals surface area contributed by atoms with Crippen LogP contribution in [0.25, 0.3) is 0 Å². The molecule has 1 heterocycles. The van der Waals surface area contributed by atoms with Crippen LogP contribution < -0.4 is 15.5 Å². The molecule has 0 bridgehead atoms. The lowest BCUT2D eigenvalue weighted by Crippen LogP contribution is -2.49. The first-order valence-electron chi connectivity index (χ1n) is 9.76. The molecule has 2 N–H and O–H groups in total. The number of para-hydroxylation sites is 1. The van der Waals surface area contributed by atoms with Gasteiger partial charge in [-0.1, -0.05) is 30.3 Å². The number of benzene rings is 2. The number of halogens is 1. The van der Waals surface area contributed by atoms with E-state index in [1.807, 2.05) is 0 Å². The zero-order chi connectivity index (χ0) is 22.4. The molecule has 1 atom stereocenters. The largest absolute Gasteiger partial charge is 0.466 e. The van der Waals surface area contributed by atoms with Gasteiger partial charge in [-0.25, -0.2) is 14.2 Å². The lowest BCUT2D eigenvalue weighted by atomic mass is 10.00. The second-order valence-corrected chi connectivity index (χ2v) is 6.87. The van der Waals surface area contributed by atoms with Crippen LogP contribution in [0.15, 0.2) is 53.5 Å². The third kappa shape index (κ3) is 5.25. The molecule has 2 aromatic carbocycles. The number of benzodiazepines with no additional fused rings is 1. The summed E-state index contributed by atoms with van der Waals surface area (Å²) < 4.78 is 19.4. The van der Waals surface area contributed by atoms with Crippen molar-refractivity contribution < 1.29 is 23.5 Å². The highest BCUT2D eigenvalue weighted by Crippen LogP contribution is 2.27. The zero-order valence-electron chi connectivity index (χ0n) is 17.2. The molecule has 0 radical (unpaired) electrons. The molecule has 0 saturated carbocycles. The van der Waals surface area contributed by atoms with Crippen LogP contribution in [0.1, 0.15) is 24.5 Å². The van der Waals surface area contributed by atoms with Crippen LogP contribution in [-0.4, -0.2) is 50.0 Å². The molecule has 0 aromatic heterocycles. The highest BCUT2D eigenvalue weighted by atomic mass is 19.1. The summed E-state index contributed by atoms with van der Waals surface area (Å²) >= 11 is 0. The molecule has 31 heavy (non-hydrogen) atoms. The highest BCUT2D eigenvalue weighted by Gasteiger charge is 2.31. The van der Waals surface area contributed by atoms with Crippen molar-refractivity contribution in [2.75, 3.05) is 25.1 Å². The lowest BCUT2D eigenvalue weighted by Gasteiger charge is -2.21. The smallest absolute Gasteiger partial charge is 0.316 e. The molecule has 0 fully saturated rings. The molecule has 0 spiro atoms. The fraction of sp³-hybridized carbons (Fsp3) is 0.273. The van der Waals surface area contributed by atoms with Gasteiger partial charge >= 0.3 is 12.0 Å². The van der Waals surface area contributed by atoms with Gasteiger partial charge in [-0.05, 0) is 24.6 Å². The SMILES string of the molecule is CC(=O)OCCCNC(=O)NC1N=C(c2ccccc2F)c2ccccc2N(C)C1=O. The first-order chi connectivity index (χ1) is 14.9. The van der Waals surface area contributed by atoms with Crippen molar-refractivity contribution in [3.63, 3.8) is 0 Å². The van der Waals surface area contributed by atoms with Crippen molar-refractivity contribution in [2.24, 2.45) is 4.99 Å². The maximum absolute atomic E-state index is 14.6. The van der Waals surface area contributed by atoms with Crippen LogP contribution in [0.2, 0.25) is 0 Å². The van der Waals surface area contributed by atoms with Crippen LogP contribution in [0.3, 0.4) is 0 Å². The Labute approximate surface area is 179 Å². The van der Waals surface area contributed by atoms with Gasteiger partial charge in [-0.3, -0.25) is 9.59 Å². The number of amides is 3. The van der Waals surface area contributed by atoms with Gasteiger partial charge in [-0.2, -0.15) is 0 Å². The zero-order valence-corrected chi connectivity index (χ0v) is 17.2. The molecule has 0 saturated heterocycles. The topological polar surface area (TPSA) is 100 Å². The summed E-state index contributed by atoms with van der Waals surface area (Å²) in [6.07, 6.45) is -0.832. The van der Waals surface area contributed by atoms with Crippen LogP contribution in [-0.2, 0) is 14.3 Å². The number of aliphatic imine (C=N–C) groups is 1. The van der Waals surface area contributed by atoms with Crippen LogP contribution in [0, 0.1) is 5.82 Å². The molecule has 8 nitrogen and oxygen atoms in total. The highest BCUT2D eigenvalue weighted by molar-refractivity contribution is 6.20. The van der Waals surface area contributed by atoms with Gasteiger partial charge in [0.05, 0.1) is 18.0 Å². The summed E-state index contributed by atoms with van der Waals surface area (Å²) in [6.45, 7) is 1.71. The Bertz CT molecular complexity index is 1020. The van der Waals surface area contributed by atoms with E-state index in [9.17, 15) is 18.8 Å². The molecule has 0 aliphatic carbocycles. The van der Waals surface area contributed by atoms with Gasteiger partial charge in [0, 0.05) is 31.6 Å². The standard InChI is InChI=1S/C22H23FN4O4/c1-14(28)31-13-7-12-24-22(30)26-20-21(29)27(2)18-11-6-4-9-16(18)19(25-20)15-8-3-5-10-17(15)23/h3-6,8-11,20H,7,12-13H2,1-2H3,(H2,24,26,30). The Balaban J connectivity index is 1.84. The van der Waals surface area contributed by atoms with Gasteiger partial charge in [0.25, 0.3) is 5.91 Å². The van der Waals surface area contributed by atoms with Gasteiger partial charge in [0.1, 0.15) is 5.82 Å². The molecule has 1 aliphatic rings. The van der Waals surface area contributed by atoms with Gasteiger partial charge in [0.15, 0.2) is 0 Å². The Morgan fingerprint density at radius 3 is 2.52 bits per heavy atom. The number of ether oxygens (including phenoxy) is 1. The molecule has 162 valence electrons. The van der Waals surface area contributed by atoms with E-state index in [0.29, 0.717) is 17.7 Å². The second-order valence-electron chi connectivity index (χ2n) is 6.87. The molecule has 1 unspecified atom stereocenters. The van der Waals surface area contributed by atoms with Crippen molar-refractivity contribution in [3.8, 4) is 0 Å². The molecule has 1 aliphatic heterocycles. The van der Waals surface area contributed by atoms with E-state index in [4.69, 9.17) is 4.74 Å². The third-order valence-electron chi connectivity index (χ3n) is 4.65. The minimum Gasteiger partial charge on any atom is -0.466 e. The minimum absolute atomic E-state index is 0.172. The van der Waals surface area contributed by atoms with Crippen molar-refractivity contribution in [1.29, 1.82) is 0 Å². The normalized spacial score (nSPS) is 15.5. The molecule has 2 aromatic rings. The fourth-order valence-electron chi connectivity index (χ4n) is 3.15. The van der Waals surface area contributed by atoms with Gasteiger partial charge in [0.2, 0.25) is 6.17 Å². The van der Waals surface area contributed by atoms with Crippen molar-refractivity contribution in [2.45, 2.75) is 19.5 Å². The summed E-state index contributed by atoms with van der Waals surface area (Å²) in [4.78, 5) is 41.9. The number of likely N-dealkylation sites (N-methyl/N-ethyl adjacent to an activating group) is 1. The van der Waals surface area contributed by atoms with E-state index >= 15 is 0 Å². The number of carbonyl (C=O) groups excluding carboxylic acids is 3. The Kier molecular flexibility index (Phi) is 6.96. The van der Waals surface area contributed by atoms with Crippen LogP contribution in [0.5, 0.6) is 0 Å². The van der Waals surface area contributed by atoms with Crippen molar-refractivity contribution in [3.05, 3.63) is 65.5 Å². The summed E-state index contributed by atoms with van der Waals surface area (Å²) in [5.41, 5.74) is 1.63. The van der Waals surface area contributed by atoms with E-state index in [-0.39, 0.29) is 24.4 Å². The predicted octanol–water partition coefficient (Wildman–Crippen LogP) is 2.22. The Hall–Kier alpha value is -3.75. The van der Waals surface area contributed by atoms with Gasteiger partial charge in [-0.15, -0.1) is 0 Å². The van der Waals surface area contributed by atoms with E-state index in [2.05, 4.69) is 15.6 Å². The molecule has 3 amide bonds. The summed E-state index contributed by atoms with van der Waals surface area (Å²) in [7, 11) is 1.58. The Morgan fingerprint density at radius 1 is 1.13 bits per heavy atom. The number of rotatable bonds is 6. The number of nitrogens with zero attached hydrogens (tertiary/aromatic N) is 2. The summed E-state index contributed by atoms with van der Waals surface area (Å²) in [6, 6.07) is 12.6. The minimum atomic E-state index is -1.25. The van der Waals surface area contributed by atoms with Crippen LogP contribution in [0.4, 0.5) is 14.9 Å². The average Bonchev–Trinajstić information content (AvgIpc) is 2.84. The quantitative estimate of drug-likeness (QED) is 0.546. The summed E-state index contributed by atoms with van der Waals surface area (Å²) in [5, 5.41) is 5.13. The lowest BCUT2D eigenvalue weighted by molar-refractivity contribution is -0.141. The second kappa shape index (κ2) is 9.84. The van der Waals surface area contributed by atoms with Crippen LogP contribution >= 0.6 is 0 Å². The van der Waals surface area contributed by atoms with E-state index in [1.54, 1.807) is 49.5 Å². The van der Waals surface area contributed by atoms with Gasteiger partial charge < -0.3 is 20.3 Å². The van der Waals surface area contributed by atoms with E-state index in [0.717, 1.165) is 0 Å². The monoisotopic (exact) mass is 426 g/mol. The number of hydrogen-bond donors (Lipinski definition) is 2. The molecular weight excluding hydrogens is 403 g/mol. The number of anilines is 1. The first kappa shape index (κ1) is 21.9. The maximum Gasteiger partial charge on any atom is 0.316 e.